The molecular formula is C40H79NO9. The first-order valence-electron chi connectivity index (χ1n) is 20.7. The topological polar surface area (TPSA) is 169 Å². The zero-order valence-electron chi connectivity index (χ0n) is 32.2. The van der Waals surface area contributed by atoms with Crippen molar-refractivity contribution >= 4 is 5.91 Å². The fourth-order valence-corrected chi connectivity index (χ4v) is 6.76. The Balaban J connectivity index is 2.45. The number of hydrogen-bond acceptors (Lipinski definition) is 9. The number of carbonyl (C=O) groups excluding carboxylic acids is 1. The highest BCUT2D eigenvalue weighted by molar-refractivity contribution is 5.76. The van der Waals surface area contributed by atoms with Gasteiger partial charge in [-0.25, -0.2) is 0 Å². The molecule has 1 heterocycles. The molecule has 10 heteroatoms. The maximum atomic E-state index is 12.9. The lowest BCUT2D eigenvalue weighted by Crippen LogP contribution is -2.60. The third-order valence-electron chi connectivity index (χ3n) is 10.6. The van der Waals surface area contributed by atoms with Crippen LogP contribution in [0.1, 0.15) is 181 Å². The van der Waals surface area contributed by atoms with E-state index >= 15 is 0 Å². The second kappa shape index (κ2) is 30.6. The molecule has 0 saturated carbocycles. The Labute approximate surface area is 305 Å². The van der Waals surface area contributed by atoms with Gasteiger partial charge in [0.05, 0.1) is 25.4 Å². The number of unbranched alkanes of at least 4 members (excludes halogenated alkanes) is 19. The van der Waals surface area contributed by atoms with Crippen LogP contribution in [0.15, 0.2) is 0 Å². The first kappa shape index (κ1) is 47.2. The molecule has 1 fully saturated rings. The number of nitrogens with one attached hydrogen (secondary N) is 1. The average molecular weight is 718 g/mol. The highest BCUT2D eigenvalue weighted by atomic mass is 16.7. The molecule has 0 aliphatic carbocycles. The maximum absolute atomic E-state index is 12.9. The molecule has 9 unspecified atom stereocenters. The smallest absolute Gasteiger partial charge is 0.220 e. The molecule has 298 valence electrons. The molecule has 0 aromatic rings. The van der Waals surface area contributed by atoms with Gasteiger partial charge in [-0.3, -0.25) is 4.79 Å². The van der Waals surface area contributed by atoms with Crippen LogP contribution < -0.4 is 5.32 Å². The molecule has 10 nitrogen and oxygen atoms in total. The van der Waals surface area contributed by atoms with E-state index in [9.17, 15) is 35.4 Å². The molecule has 0 bridgehead atoms. The molecule has 0 spiro atoms. The minimum absolute atomic E-state index is 0.259. The largest absolute Gasteiger partial charge is 0.394 e. The summed E-state index contributed by atoms with van der Waals surface area (Å²) in [5, 5.41) is 64.9. The SMILES string of the molecule is CCCCCCCCCCCCCCCCCC(=O)NC(COC1OC(CO)C(O)C(O)C1O)C(O)C(O)CCCCCCCCC(C)CC. The molecule has 0 radical (unpaired) electrons. The molecule has 1 aliphatic heterocycles. The van der Waals surface area contributed by atoms with Crippen LogP contribution in [0.25, 0.3) is 0 Å². The van der Waals surface area contributed by atoms with Gasteiger partial charge in [0.25, 0.3) is 0 Å². The van der Waals surface area contributed by atoms with Gasteiger partial charge in [0, 0.05) is 6.42 Å². The van der Waals surface area contributed by atoms with Crippen molar-refractivity contribution in [3.05, 3.63) is 0 Å². The quantitative estimate of drug-likeness (QED) is 0.0378. The molecule has 1 saturated heterocycles. The van der Waals surface area contributed by atoms with Crippen molar-refractivity contribution in [2.75, 3.05) is 13.2 Å². The van der Waals surface area contributed by atoms with Crippen LogP contribution in [0.4, 0.5) is 0 Å². The fraction of sp³-hybridized carbons (Fsp3) is 0.975. The van der Waals surface area contributed by atoms with Crippen molar-refractivity contribution in [3.63, 3.8) is 0 Å². The summed E-state index contributed by atoms with van der Waals surface area (Å²) in [6.45, 7) is 5.87. The van der Waals surface area contributed by atoms with E-state index in [1.807, 2.05) is 0 Å². The standard InChI is InChI=1S/C40H79NO9/c1-4-6-7-8-9-10-11-12-13-14-15-16-17-22-25-28-35(44)41-32(30-49-40-39(48)38(47)37(46)34(29-42)50-40)36(45)33(43)27-24-21-19-18-20-23-26-31(3)5-2/h31-34,36-40,42-43,45-48H,4-30H2,1-3H3,(H,41,44). The molecule has 1 aliphatic rings. The summed E-state index contributed by atoms with van der Waals surface area (Å²) < 4.78 is 11.1. The van der Waals surface area contributed by atoms with E-state index in [0.717, 1.165) is 57.3 Å². The highest BCUT2D eigenvalue weighted by Crippen LogP contribution is 2.23. The first-order valence-corrected chi connectivity index (χ1v) is 20.7. The molecule has 50 heavy (non-hydrogen) atoms. The van der Waals surface area contributed by atoms with Gasteiger partial charge in [-0.05, 0) is 18.8 Å². The van der Waals surface area contributed by atoms with Crippen LogP contribution in [0.5, 0.6) is 0 Å². The summed E-state index contributed by atoms with van der Waals surface area (Å²) in [5.41, 5.74) is 0. The van der Waals surface area contributed by atoms with Gasteiger partial charge < -0.3 is 45.4 Å². The Hall–Kier alpha value is -0.850. The van der Waals surface area contributed by atoms with Crippen LogP contribution in [0, 0.1) is 5.92 Å². The van der Waals surface area contributed by atoms with E-state index in [4.69, 9.17) is 9.47 Å². The van der Waals surface area contributed by atoms with Gasteiger partial charge in [0.15, 0.2) is 6.29 Å². The zero-order valence-corrected chi connectivity index (χ0v) is 32.2. The van der Waals surface area contributed by atoms with E-state index < -0.39 is 55.6 Å². The maximum Gasteiger partial charge on any atom is 0.220 e. The Morgan fingerprint density at radius 1 is 0.680 bits per heavy atom. The Kier molecular flexibility index (Phi) is 28.9. The predicted octanol–water partition coefficient (Wildman–Crippen LogP) is 6.44. The fourth-order valence-electron chi connectivity index (χ4n) is 6.76. The molecule has 7 N–H and O–H groups in total. The van der Waals surface area contributed by atoms with Gasteiger partial charge >= 0.3 is 0 Å². The molecule has 9 atom stereocenters. The third kappa shape index (κ3) is 21.6. The number of ether oxygens (including phenoxy) is 2. The number of rotatable bonds is 33. The minimum atomic E-state index is -1.60. The average Bonchev–Trinajstić information content (AvgIpc) is 3.11. The summed E-state index contributed by atoms with van der Waals surface area (Å²) >= 11 is 0. The molecule has 0 aromatic carbocycles. The summed E-state index contributed by atoms with van der Waals surface area (Å²) in [5.74, 6) is 0.513. The molecule has 0 aromatic heterocycles. The van der Waals surface area contributed by atoms with Crippen LogP contribution in [-0.4, -0.2) is 98.7 Å². The molecular weight excluding hydrogens is 638 g/mol. The van der Waals surface area contributed by atoms with Crippen LogP contribution in [0.3, 0.4) is 0 Å². The van der Waals surface area contributed by atoms with E-state index in [-0.39, 0.29) is 18.9 Å². The van der Waals surface area contributed by atoms with Gasteiger partial charge in [0.1, 0.15) is 30.5 Å². The van der Waals surface area contributed by atoms with Gasteiger partial charge in [0.2, 0.25) is 5.91 Å². The number of aliphatic hydroxyl groups is 6. The molecule has 1 amide bonds. The van der Waals surface area contributed by atoms with Gasteiger partial charge in [-0.2, -0.15) is 0 Å². The van der Waals surface area contributed by atoms with E-state index in [2.05, 4.69) is 26.1 Å². The number of hydrogen-bond donors (Lipinski definition) is 7. The van der Waals surface area contributed by atoms with Crippen molar-refractivity contribution in [1.29, 1.82) is 0 Å². The number of carbonyl (C=O) groups is 1. The van der Waals surface area contributed by atoms with Gasteiger partial charge in [-0.1, -0.05) is 162 Å². The summed E-state index contributed by atoms with van der Waals surface area (Å²) in [6, 6.07) is -0.984. The second-order valence-electron chi connectivity index (χ2n) is 15.2. The summed E-state index contributed by atoms with van der Waals surface area (Å²) in [4.78, 5) is 12.9. The van der Waals surface area contributed by atoms with Crippen molar-refractivity contribution in [3.8, 4) is 0 Å². The highest BCUT2D eigenvalue weighted by Gasteiger charge is 2.44. The Morgan fingerprint density at radius 3 is 1.66 bits per heavy atom. The number of amides is 1. The zero-order chi connectivity index (χ0) is 37.0. The Bertz CT molecular complexity index is 788. The summed E-state index contributed by atoms with van der Waals surface area (Å²) in [7, 11) is 0. The molecule has 1 rings (SSSR count). The minimum Gasteiger partial charge on any atom is -0.394 e. The van der Waals surface area contributed by atoms with Crippen molar-refractivity contribution < 1.29 is 44.9 Å². The van der Waals surface area contributed by atoms with Crippen molar-refractivity contribution in [1.82, 2.24) is 5.32 Å². The van der Waals surface area contributed by atoms with Gasteiger partial charge in [-0.15, -0.1) is 0 Å². The van der Waals surface area contributed by atoms with Crippen molar-refractivity contribution in [2.45, 2.75) is 230 Å². The van der Waals surface area contributed by atoms with E-state index in [0.29, 0.717) is 6.42 Å². The monoisotopic (exact) mass is 718 g/mol. The van der Waals surface area contributed by atoms with Crippen LogP contribution in [0.2, 0.25) is 0 Å². The van der Waals surface area contributed by atoms with Crippen LogP contribution >= 0.6 is 0 Å². The van der Waals surface area contributed by atoms with E-state index in [1.165, 1.54) is 96.3 Å². The second-order valence-corrected chi connectivity index (χ2v) is 15.2. The number of aliphatic hydroxyl groups excluding tert-OH is 6. The lowest BCUT2D eigenvalue weighted by molar-refractivity contribution is -0.303. The van der Waals surface area contributed by atoms with E-state index in [1.54, 1.807) is 0 Å². The Morgan fingerprint density at radius 2 is 1.16 bits per heavy atom. The third-order valence-corrected chi connectivity index (χ3v) is 10.6. The lowest BCUT2D eigenvalue weighted by atomic mass is 9.97. The lowest BCUT2D eigenvalue weighted by Gasteiger charge is -2.40. The first-order chi connectivity index (χ1) is 24.2. The van der Waals surface area contributed by atoms with Crippen molar-refractivity contribution in [2.24, 2.45) is 5.92 Å². The normalized spacial score (nSPS) is 23.4. The predicted molar refractivity (Wildman–Crippen MR) is 200 cm³/mol. The summed E-state index contributed by atoms with van der Waals surface area (Å²) in [6.07, 6.45) is 18.4. The van der Waals surface area contributed by atoms with Crippen LogP contribution in [-0.2, 0) is 14.3 Å².